The van der Waals surface area contributed by atoms with Crippen LogP contribution >= 0.6 is 0 Å². The first kappa shape index (κ1) is 10.1. The van der Waals surface area contributed by atoms with Crippen molar-refractivity contribution in [3.05, 3.63) is 59.4 Å². The molecule has 21 heavy (non-hydrogen) atoms. The number of carbonyl (C=O) groups excluding carboxylic acids is 1. The van der Waals surface area contributed by atoms with Crippen molar-refractivity contribution in [3.8, 4) is 0 Å². The molecular formula is C16H14FN3O. The third-order valence-electron chi connectivity index (χ3n) is 3.27. The molecule has 0 saturated carbocycles. The molecule has 2 aromatic rings. The predicted molar refractivity (Wildman–Crippen MR) is 81.2 cm³/mol. The summed E-state index contributed by atoms with van der Waals surface area (Å²) in [7, 11) is 0. The van der Waals surface area contributed by atoms with E-state index in [4.69, 9.17) is 9.85 Å². The smallest absolute Gasteiger partial charge is 0.248 e. The number of halogens is 1. The standard InChI is InChI=1S/C16H14FN3O/c1-20-14-7-6-10(18)8-12(14)16(19-9-15(20)21)11-4-2-3-5-13(11)17/h2-8H,9,18H2,1H3/i1D3. The fourth-order valence-corrected chi connectivity index (χ4v) is 2.26. The molecule has 0 bridgehead atoms. The van der Waals surface area contributed by atoms with Crippen LogP contribution in [0.5, 0.6) is 0 Å². The SMILES string of the molecule is [2H]C([2H])([2H])N1C(=O)CN=C(c2ccccc2F)c2cc(N)ccc21. The monoisotopic (exact) mass is 286 g/mol. The number of nitrogens with two attached hydrogens (primary N) is 1. The second kappa shape index (κ2) is 5.01. The van der Waals surface area contributed by atoms with Gasteiger partial charge in [-0.05, 0) is 30.3 Å². The molecular weight excluding hydrogens is 269 g/mol. The summed E-state index contributed by atoms with van der Waals surface area (Å²) in [6.07, 6.45) is 0. The first-order valence-corrected chi connectivity index (χ1v) is 6.31. The number of amides is 1. The van der Waals surface area contributed by atoms with Gasteiger partial charge in [-0.25, -0.2) is 4.39 Å². The van der Waals surface area contributed by atoms with Crippen molar-refractivity contribution in [2.24, 2.45) is 4.99 Å². The van der Waals surface area contributed by atoms with Crippen LogP contribution in [0.15, 0.2) is 47.5 Å². The van der Waals surface area contributed by atoms with E-state index < -0.39 is 25.2 Å². The van der Waals surface area contributed by atoms with Crippen LogP contribution in [0.25, 0.3) is 0 Å². The summed E-state index contributed by atoms with van der Waals surface area (Å²) in [6.45, 7) is -3.07. The summed E-state index contributed by atoms with van der Waals surface area (Å²) in [5.74, 6) is -1.20. The lowest BCUT2D eigenvalue weighted by atomic mass is 9.99. The minimum atomic E-state index is -2.68. The molecule has 0 aromatic heterocycles. The molecule has 4 nitrogen and oxygen atoms in total. The highest BCUT2D eigenvalue weighted by molar-refractivity contribution is 6.19. The number of nitrogens with zero attached hydrogens (tertiary/aromatic N) is 2. The molecule has 0 fully saturated rings. The highest BCUT2D eigenvalue weighted by Gasteiger charge is 2.23. The van der Waals surface area contributed by atoms with Crippen molar-refractivity contribution in [2.45, 2.75) is 0 Å². The van der Waals surface area contributed by atoms with Gasteiger partial charge in [0.15, 0.2) is 0 Å². The Morgan fingerprint density at radius 1 is 1.29 bits per heavy atom. The molecule has 0 saturated heterocycles. The Labute approximate surface area is 125 Å². The number of aliphatic imine (C=N–C) groups is 1. The molecule has 0 aliphatic carbocycles. The van der Waals surface area contributed by atoms with E-state index in [0.717, 1.165) is 0 Å². The maximum atomic E-state index is 14.2. The van der Waals surface area contributed by atoms with Gasteiger partial charge in [0.05, 0.1) is 11.4 Å². The number of hydrogen-bond acceptors (Lipinski definition) is 3. The molecule has 1 aliphatic rings. The summed E-state index contributed by atoms with van der Waals surface area (Å²) >= 11 is 0. The number of hydrogen-bond donors (Lipinski definition) is 1. The Morgan fingerprint density at radius 3 is 2.86 bits per heavy atom. The van der Waals surface area contributed by atoms with Gasteiger partial charge in [0.25, 0.3) is 0 Å². The highest BCUT2D eigenvalue weighted by atomic mass is 19.1. The molecule has 3 rings (SSSR count). The summed E-state index contributed by atoms with van der Waals surface area (Å²) < 4.78 is 37.1. The average Bonchev–Trinajstić information content (AvgIpc) is 2.63. The van der Waals surface area contributed by atoms with E-state index in [1.807, 2.05) is 0 Å². The molecule has 0 radical (unpaired) electrons. The normalized spacial score (nSPS) is 17.2. The Kier molecular flexibility index (Phi) is 2.41. The first-order chi connectivity index (χ1) is 11.3. The van der Waals surface area contributed by atoms with Crippen LogP contribution in [0.4, 0.5) is 15.8 Å². The topological polar surface area (TPSA) is 58.7 Å². The maximum absolute atomic E-state index is 14.2. The Hall–Kier alpha value is -2.69. The second-order valence-electron chi connectivity index (χ2n) is 4.65. The van der Waals surface area contributed by atoms with E-state index in [1.165, 1.54) is 36.4 Å². The molecule has 1 heterocycles. The number of rotatable bonds is 1. The van der Waals surface area contributed by atoms with Crippen molar-refractivity contribution in [1.82, 2.24) is 0 Å². The molecule has 1 amide bonds. The van der Waals surface area contributed by atoms with Crippen LogP contribution in [-0.4, -0.2) is 25.1 Å². The van der Waals surface area contributed by atoms with E-state index in [9.17, 15) is 9.18 Å². The molecule has 5 heteroatoms. The number of benzene rings is 2. The largest absolute Gasteiger partial charge is 0.399 e. The summed E-state index contributed by atoms with van der Waals surface area (Å²) in [5.41, 5.74) is 7.00. The van der Waals surface area contributed by atoms with Crippen LogP contribution in [0.2, 0.25) is 0 Å². The molecule has 2 N–H and O–H groups in total. The number of likely N-dealkylation sites (N-methyl/N-ethyl adjacent to an activating group) is 1. The summed E-state index contributed by atoms with van der Waals surface area (Å²) in [4.78, 5) is 17.2. The first-order valence-electron chi connectivity index (χ1n) is 7.81. The second-order valence-corrected chi connectivity index (χ2v) is 4.65. The van der Waals surface area contributed by atoms with Gasteiger partial charge in [0, 0.05) is 27.9 Å². The van der Waals surface area contributed by atoms with Crippen LogP contribution in [0, 0.1) is 5.82 Å². The van der Waals surface area contributed by atoms with Crippen molar-refractivity contribution in [2.75, 3.05) is 24.2 Å². The maximum Gasteiger partial charge on any atom is 0.248 e. The Morgan fingerprint density at radius 2 is 2.10 bits per heavy atom. The van der Waals surface area contributed by atoms with Gasteiger partial charge < -0.3 is 10.6 Å². The minimum Gasteiger partial charge on any atom is -0.399 e. The zero-order chi connectivity index (χ0) is 17.5. The molecule has 0 unspecified atom stereocenters. The number of benzodiazepines with no additional fused rings is 1. The van der Waals surface area contributed by atoms with Gasteiger partial charge in [0.1, 0.15) is 12.4 Å². The van der Waals surface area contributed by atoms with Crippen LogP contribution in [0.3, 0.4) is 0 Å². The lowest BCUT2D eigenvalue weighted by Gasteiger charge is -2.18. The number of nitrogen functional groups attached to an aromatic ring is 1. The molecule has 0 atom stereocenters. The number of carbonyl (C=O) groups is 1. The highest BCUT2D eigenvalue weighted by Crippen LogP contribution is 2.28. The van der Waals surface area contributed by atoms with E-state index in [0.29, 0.717) is 16.2 Å². The van der Waals surface area contributed by atoms with E-state index in [2.05, 4.69) is 4.99 Å². The van der Waals surface area contributed by atoms with Crippen LogP contribution in [0.1, 0.15) is 15.2 Å². The van der Waals surface area contributed by atoms with Crippen molar-refractivity contribution >= 4 is 23.0 Å². The lowest BCUT2D eigenvalue weighted by Crippen LogP contribution is -2.27. The van der Waals surface area contributed by atoms with Gasteiger partial charge in [0.2, 0.25) is 5.91 Å². The van der Waals surface area contributed by atoms with Crippen molar-refractivity contribution in [3.63, 3.8) is 0 Å². The summed E-state index contributed by atoms with van der Waals surface area (Å²) in [6, 6.07) is 10.4. The molecule has 1 aliphatic heterocycles. The lowest BCUT2D eigenvalue weighted by molar-refractivity contribution is -0.116. The Bertz CT molecular complexity index is 849. The van der Waals surface area contributed by atoms with Gasteiger partial charge >= 0.3 is 0 Å². The van der Waals surface area contributed by atoms with E-state index >= 15 is 0 Å². The zero-order valence-electron chi connectivity index (χ0n) is 14.0. The molecule has 106 valence electrons. The molecule has 0 spiro atoms. The quantitative estimate of drug-likeness (QED) is 0.817. The van der Waals surface area contributed by atoms with Gasteiger partial charge in [-0.2, -0.15) is 0 Å². The van der Waals surface area contributed by atoms with E-state index in [1.54, 1.807) is 6.07 Å². The third-order valence-corrected chi connectivity index (χ3v) is 3.27. The molecule has 2 aromatic carbocycles. The van der Waals surface area contributed by atoms with Crippen LogP contribution < -0.4 is 10.6 Å². The average molecular weight is 286 g/mol. The summed E-state index contributed by atoms with van der Waals surface area (Å²) in [5, 5.41) is 0. The van der Waals surface area contributed by atoms with E-state index in [-0.39, 0.29) is 17.0 Å². The fourth-order valence-electron chi connectivity index (χ4n) is 2.26. The van der Waals surface area contributed by atoms with Gasteiger partial charge in [-0.15, -0.1) is 0 Å². The zero-order valence-corrected chi connectivity index (χ0v) is 11.0. The van der Waals surface area contributed by atoms with Gasteiger partial charge in [-0.1, -0.05) is 12.1 Å². The predicted octanol–water partition coefficient (Wildman–Crippen LogP) is 2.22. The van der Waals surface area contributed by atoms with Crippen molar-refractivity contribution < 1.29 is 13.3 Å². The third kappa shape index (κ3) is 2.27. The minimum absolute atomic E-state index is 0.133. The van der Waals surface area contributed by atoms with Crippen LogP contribution in [-0.2, 0) is 4.79 Å². The van der Waals surface area contributed by atoms with Gasteiger partial charge in [-0.3, -0.25) is 9.79 Å². The Balaban J connectivity index is 2.28. The fraction of sp³-hybridized carbons (Fsp3) is 0.125. The van der Waals surface area contributed by atoms with Crippen molar-refractivity contribution in [1.29, 1.82) is 0 Å². The number of anilines is 2. The number of fused-ring (bicyclic) bond motifs is 1.